The van der Waals surface area contributed by atoms with Crippen molar-refractivity contribution in [2.45, 2.75) is 82.4 Å². The fraction of sp³-hybridized carbons (Fsp3) is 0.652. The summed E-state index contributed by atoms with van der Waals surface area (Å²) >= 11 is 0. The summed E-state index contributed by atoms with van der Waals surface area (Å²) in [7, 11) is 0. The average Bonchev–Trinajstić information content (AvgIpc) is 3.51. The van der Waals surface area contributed by atoms with Crippen molar-refractivity contribution in [2.75, 3.05) is 6.54 Å². The van der Waals surface area contributed by atoms with Crippen molar-refractivity contribution in [1.29, 1.82) is 0 Å². The molecule has 0 bridgehead atoms. The number of ether oxygens (including phenoxy) is 1. The Hall–Kier alpha value is -2.25. The molecule has 1 aromatic carbocycles. The lowest BCUT2D eigenvalue weighted by Crippen LogP contribution is -2.50. The largest absolute Gasteiger partial charge is 0.444 e. The second-order valence-corrected chi connectivity index (χ2v) is 10.2. The van der Waals surface area contributed by atoms with Crippen molar-refractivity contribution in [1.82, 2.24) is 10.2 Å². The Bertz CT molecular complexity index is 871. The molecule has 0 radical (unpaired) electrons. The molecule has 5 nitrogen and oxygen atoms in total. The first kappa shape index (κ1) is 22.0. The maximum absolute atomic E-state index is 14.6. The summed E-state index contributed by atoms with van der Waals surface area (Å²) in [4.78, 5) is 26.9. The van der Waals surface area contributed by atoms with Crippen molar-refractivity contribution in [3.05, 3.63) is 35.1 Å². The summed E-state index contributed by atoms with van der Waals surface area (Å²) < 4.78 is 46.2. The normalized spacial score (nSPS) is 24.8. The number of halogens is 3. The number of nitrogens with zero attached hydrogens (tertiary/aromatic N) is 1. The Kier molecular flexibility index (Phi) is 5.46. The zero-order valence-corrected chi connectivity index (χ0v) is 18.1. The quantitative estimate of drug-likeness (QED) is 0.690. The van der Waals surface area contributed by atoms with Gasteiger partial charge < -0.3 is 15.0 Å². The predicted molar refractivity (Wildman–Crippen MR) is 109 cm³/mol. The minimum Gasteiger partial charge on any atom is -0.444 e. The number of benzene rings is 1. The van der Waals surface area contributed by atoms with E-state index in [-0.39, 0.29) is 30.4 Å². The van der Waals surface area contributed by atoms with E-state index < -0.39 is 35.4 Å². The maximum Gasteiger partial charge on any atom is 0.410 e. The summed E-state index contributed by atoms with van der Waals surface area (Å²) in [5.74, 6) is -3.40. The van der Waals surface area contributed by atoms with Gasteiger partial charge in [-0.2, -0.15) is 0 Å². The molecule has 2 atom stereocenters. The van der Waals surface area contributed by atoms with Crippen LogP contribution in [0.1, 0.15) is 74.7 Å². The molecule has 1 aromatic rings. The lowest BCUT2D eigenvalue weighted by atomic mass is 9.88. The van der Waals surface area contributed by atoms with Crippen LogP contribution in [0.25, 0.3) is 0 Å². The lowest BCUT2D eigenvalue weighted by Gasteiger charge is -2.35. The molecule has 8 heteroatoms. The highest BCUT2D eigenvalue weighted by Crippen LogP contribution is 2.47. The van der Waals surface area contributed by atoms with Gasteiger partial charge in [0, 0.05) is 43.0 Å². The third-order valence-corrected chi connectivity index (χ3v) is 6.02. The lowest BCUT2D eigenvalue weighted by molar-refractivity contribution is -0.0901. The number of hydrogen-bond acceptors (Lipinski definition) is 3. The first-order valence-electron chi connectivity index (χ1n) is 10.9. The standard InChI is InChI=1S/C23H29F3N2O3/c1-22(2,3)31-21(30)28(12-13-4-5-13)19-9-17(19)16-8-14(6-7-18(16)24)20(29)27-15-10-23(25,26)11-15/h6-8,13,15,17,19H,4-5,9-12H2,1-3H3,(H,27,29)/t17-,19+/m0/s1. The van der Waals surface area contributed by atoms with E-state index in [1.807, 2.05) is 20.8 Å². The molecule has 0 heterocycles. The Morgan fingerprint density at radius 1 is 1.23 bits per heavy atom. The number of rotatable bonds is 6. The molecule has 4 rings (SSSR count). The number of carbonyl (C=O) groups excluding carboxylic acids is 2. The molecule has 3 aliphatic rings. The summed E-state index contributed by atoms with van der Waals surface area (Å²) in [6.45, 7) is 6.02. The fourth-order valence-corrected chi connectivity index (χ4v) is 4.11. The van der Waals surface area contributed by atoms with Gasteiger partial charge in [-0.25, -0.2) is 18.0 Å². The SMILES string of the molecule is CC(C)(C)OC(=O)N(CC1CC1)[C@@H]1C[C@H]1c1cc(C(=O)NC2CC(F)(F)C2)ccc1F. The first-order valence-corrected chi connectivity index (χ1v) is 10.9. The monoisotopic (exact) mass is 438 g/mol. The van der Waals surface area contributed by atoms with Gasteiger partial charge >= 0.3 is 6.09 Å². The van der Waals surface area contributed by atoms with Crippen LogP contribution in [0.3, 0.4) is 0 Å². The molecule has 31 heavy (non-hydrogen) atoms. The minimum atomic E-state index is -2.72. The van der Waals surface area contributed by atoms with Crippen LogP contribution in [0, 0.1) is 11.7 Å². The van der Waals surface area contributed by atoms with E-state index in [2.05, 4.69) is 5.32 Å². The smallest absolute Gasteiger partial charge is 0.410 e. The van der Waals surface area contributed by atoms with Crippen LogP contribution >= 0.6 is 0 Å². The Labute approximate surface area is 180 Å². The molecule has 0 aliphatic heterocycles. The van der Waals surface area contributed by atoms with E-state index in [0.717, 1.165) is 12.8 Å². The molecular weight excluding hydrogens is 409 g/mol. The van der Waals surface area contributed by atoms with E-state index >= 15 is 0 Å². The number of hydrogen-bond donors (Lipinski definition) is 1. The number of amides is 2. The van der Waals surface area contributed by atoms with Crippen molar-refractivity contribution in [3.8, 4) is 0 Å². The highest BCUT2D eigenvalue weighted by Gasteiger charge is 2.49. The zero-order valence-electron chi connectivity index (χ0n) is 18.1. The van der Waals surface area contributed by atoms with Crippen molar-refractivity contribution in [2.24, 2.45) is 5.92 Å². The van der Waals surface area contributed by atoms with Crippen molar-refractivity contribution >= 4 is 12.0 Å². The van der Waals surface area contributed by atoms with E-state index in [4.69, 9.17) is 4.74 Å². The maximum atomic E-state index is 14.6. The molecule has 3 aliphatic carbocycles. The van der Waals surface area contributed by atoms with Gasteiger partial charge in [0.1, 0.15) is 11.4 Å². The first-order chi connectivity index (χ1) is 14.4. The summed E-state index contributed by atoms with van der Waals surface area (Å²) in [6, 6.07) is 3.34. The third-order valence-electron chi connectivity index (χ3n) is 6.02. The number of alkyl halides is 2. The van der Waals surface area contributed by atoms with E-state index in [1.165, 1.54) is 18.2 Å². The van der Waals surface area contributed by atoms with Crippen LogP contribution in [0.2, 0.25) is 0 Å². The average molecular weight is 438 g/mol. The van der Waals surface area contributed by atoms with Crippen LogP contribution in [0.5, 0.6) is 0 Å². The highest BCUT2D eigenvalue weighted by molar-refractivity contribution is 5.94. The summed E-state index contributed by atoms with van der Waals surface area (Å²) in [5, 5.41) is 2.58. The summed E-state index contributed by atoms with van der Waals surface area (Å²) in [5.41, 5.74) is -0.00516. The molecule has 170 valence electrons. The van der Waals surface area contributed by atoms with Crippen LogP contribution < -0.4 is 5.32 Å². The minimum absolute atomic E-state index is 0.173. The van der Waals surface area contributed by atoms with Gasteiger partial charge in [0.05, 0.1) is 0 Å². The number of nitrogens with one attached hydrogen (secondary N) is 1. The van der Waals surface area contributed by atoms with Gasteiger partial charge in [0.25, 0.3) is 11.8 Å². The van der Waals surface area contributed by atoms with Gasteiger partial charge in [0.15, 0.2) is 0 Å². The number of carbonyl (C=O) groups is 2. The van der Waals surface area contributed by atoms with Crippen LogP contribution in [-0.4, -0.2) is 47.1 Å². The molecule has 2 amide bonds. The van der Waals surface area contributed by atoms with Gasteiger partial charge in [0.2, 0.25) is 0 Å². The summed E-state index contributed by atoms with van der Waals surface area (Å²) in [6.07, 6.45) is 1.60. The van der Waals surface area contributed by atoms with Crippen LogP contribution in [0.4, 0.5) is 18.0 Å². The van der Waals surface area contributed by atoms with Crippen LogP contribution in [0.15, 0.2) is 18.2 Å². The molecule has 3 saturated carbocycles. The van der Waals surface area contributed by atoms with Gasteiger partial charge in [-0.05, 0) is 69.7 Å². The Morgan fingerprint density at radius 2 is 1.90 bits per heavy atom. The molecule has 0 unspecified atom stereocenters. The van der Waals surface area contributed by atoms with E-state index in [0.29, 0.717) is 24.4 Å². The Balaban J connectivity index is 1.44. The van der Waals surface area contributed by atoms with Crippen molar-refractivity contribution < 1.29 is 27.5 Å². The second-order valence-electron chi connectivity index (χ2n) is 10.2. The van der Waals surface area contributed by atoms with Gasteiger partial charge in [-0.15, -0.1) is 0 Å². The molecule has 1 N–H and O–H groups in total. The Morgan fingerprint density at radius 3 is 2.48 bits per heavy atom. The zero-order chi connectivity index (χ0) is 22.6. The molecule has 3 fully saturated rings. The molecular formula is C23H29F3N2O3. The van der Waals surface area contributed by atoms with Crippen molar-refractivity contribution in [3.63, 3.8) is 0 Å². The highest BCUT2D eigenvalue weighted by atomic mass is 19.3. The molecule has 0 saturated heterocycles. The van der Waals surface area contributed by atoms with Gasteiger partial charge in [-0.3, -0.25) is 4.79 Å². The molecule has 0 spiro atoms. The third kappa shape index (κ3) is 5.33. The predicted octanol–water partition coefficient (Wildman–Crippen LogP) is 4.86. The fourth-order valence-electron chi connectivity index (χ4n) is 4.11. The molecule has 0 aromatic heterocycles. The van der Waals surface area contributed by atoms with Gasteiger partial charge in [-0.1, -0.05) is 0 Å². The van der Waals surface area contributed by atoms with Crippen LogP contribution in [-0.2, 0) is 4.74 Å². The topological polar surface area (TPSA) is 58.6 Å². The van der Waals surface area contributed by atoms with E-state index in [1.54, 1.807) is 4.90 Å². The second kappa shape index (κ2) is 7.71. The van der Waals surface area contributed by atoms with E-state index in [9.17, 15) is 22.8 Å².